The van der Waals surface area contributed by atoms with Crippen molar-refractivity contribution in [2.75, 3.05) is 39.3 Å². The Labute approximate surface area is 259 Å². The SMILES string of the molecule is CCCCCCCC/C=C\C[C@@H]1CC(=O)NCCCN(C(=O)[C@@H](C)CC)CCCCCN(C(=O)[C@@H](C)CC)CCCN1. The van der Waals surface area contributed by atoms with Crippen LogP contribution in [0.4, 0.5) is 0 Å². The molecule has 7 nitrogen and oxygen atoms in total. The molecule has 0 aromatic heterocycles. The van der Waals surface area contributed by atoms with Gasteiger partial charge in [0.2, 0.25) is 17.7 Å². The number of unbranched alkanes of at least 4 members (excludes halogenated alkanes) is 6. The first-order valence-corrected chi connectivity index (χ1v) is 17.6. The van der Waals surface area contributed by atoms with E-state index in [1.54, 1.807) is 0 Å². The third-order valence-corrected chi connectivity index (χ3v) is 8.76. The van der Waals surface area contributed by atoms with Gasteiger partial charge >= 0.3 is 0 Å². The molecule has 2 N–H and O–H groups in total. The number of rotatable bonds is 13. The van der Waals surface area contributed by atoms with Gasteiger partial charge in [0.05, 0.1) is 0 Å². The number of nitrogens with one attached hydrogen (secondary N) is 2. The first-order valence-electron chi connectivity index (χ1n) is 17.6. The molecule has 7 heteroatoms. The lowest BCUT2D eigenvalue weighted by Gasteiger charge is -2.28. The van der Waals surface area contributed by atoms with Gasteiger partial charge in [-0.1, -0.05) is 78.9 Å². The van der Waals surface area contributed by atoms with E-state index in [-0.39, 0.29) is 35.6 Å². The summed E-state index contributed by atoms with van der Waals surface area (Å²) in [4.78, 5) is 43.0. The standard InChI is InChI=1S/C35H66N4O3/c1-6-9-10-11-12-13-14-15-17-22-32-29-33(40)37-24-21-28-39(35(42)31(5)8-3)26-19-16-18-25-38(27-20-23-36-32)34(41)30(4)7-2/h15,17,30-32,36H,6-14,16,18-29H2,1-5H3,(H,37,40)/b17-15-/t30-,31-,32+/m0/s1. The Kier molecular flexibility index (Phi) is 22.3. The third-order valence-electron chi connectivity index (χ3n) is 8.76. The average Bonchev–Trinajstić information content (AvgIpc) is 2.99. The van der Waals surface area contributed by atoms with E-state index in [0.29, 0.717) is 19.5 Å². The Bertz CT molecular complexity index is 757. The maximum absolute atomic E-state index is 13.1. The Morgan fingerprint density at radius 3 is 1.90 bits per heavy atom. The lowest BCUT2D eigenvalue weighted by molar-refractivity contribution is -0.135. The molecular weight excluding hydrogens is 524 g/mol. The van der Waals surface area contributed by atoms with Gasteiger partial charge in [0.15, 0.2) is 0 Å². The van der Waals surface area contributed by atoms with Crippen LogP contribution in [0, 0.1) is 11.8 Å². The molecular formula is C35H66N4O3. The molecule has 42 heavy (non-hydrogen) atoms. The highest BCUT2D eigenvalue weighted by atomic mass is 16.2. The second-order valence-electron chi connectivity index (χ2n) is 12.5. The van der Waals surface area contributed by atoms with Gasteiger partial charge in [-0.25, -0.2) is 0 Å². The van der Waals surface area contributed by atoms with Crippen LogP contribution in [0.3, 0.4) is 0 Å². The molecule has 244 valence electrons. The largest absolute Gasteiger partial charge is 0.356 e. The van der Waals surface area contributed by atoms with Gasteiger partial charge in [-0.2, -0.15) is 0 Å². The van der Waals surface area contributed by atoms with Gasteiger partial charge in [-0.05, 0) is 70.8 Å². The van der Waals surface area contributed by atoms with E-state index in [4.69, 9.17) is 0 Å². The summed E-state index contributed by atoms with van der Waals surface area (Å²) >= 11 is 0. The number of hydrogen-bond acceptors (Lipinski definition) is 4. The Morgan fingerprint density at radius 2 is 1.31 bits per heavy atom. The molecule has 3 amide bonds. The molecule has 1 rings (SSSR count). The molecule has 1 heterocycles. The van der Waals surface area contributed by atoms with Crippen molar-refractivity contribution in [1.29, 1.82) is 0 Å². The predicted octanol–water partition coefficient (Wildman–Crippen LogP) is 6.86. The Balaban J connectivity index is 2.81. The normalized spacial score (nSPS) is 20.5. The molecule has 0 aliphatic carbocycles. The van der Waals surface area contributed by atoms with Crippen molar-refractivity contribution in [3.05, 3.63) is 12.2 Å². The summed E-state index contributed by atoms with van der Waals surface area (Å²) in [6.07, 6.45) is 20.9. The first kappa shape index (κ1) is 38.1. The third kappa shape index (κ3) is 17.3. The maximum Gasteiger partial charge on any atom is 0.225 e. The second-order valence-corrected chi connectivity index (χ2v) is 12.5. The lowest BCUT2D eigenvalue weighted by atomic mass is 10.1. The van der Waals surface area contributed by atoms with Crippen LogP contribution in [0.1, 0.15) is 137 Å². The van der Waals surface area contributed by atoms with Gasteiger partial charge in [-0.3, -0.25) is 14.4 Å². The van der Waals surface area contributed by atoms with Crippen LogP contribution in [0.2, 0.25) is 0 Å². The molecule has 1 fully saturated rings. The van der Waals surface area contributed by atoms with Gasteiger partial charge in [-0.15, -0.1) is 0 Å². The van der Waals surface area contributed by atoms with Crippen LogP contribution in [-0.2, 0) is 14.4 Å². The quantitative estimate of drug-likeness (QED) is 0.181. The first-order chi connectivity index (χ1) is 20.3. The average molecular weight is 591 g/mol. The number of nitrogens with zero attached hydrogens (tertiary/aromatic N) is 2. The number of allylic oxidation sites excluding steroid dienone is 1. The Hall–Kier alpha value is -1.89. The van der Waals surface area contributed by atoms with Crippen molar-refractivity contribution in [3.63, 3.8) is 0 Å². The zero-order valence-electron chi connectivity index (χ0n) is 28.1. The van der Waals surface area contributed by atoms with Gasteiger partial charge in [0.25, 0.3) is 0 Å². The smallest absolute Gasteiger partial charge is 0.225 e. The Morgan fingerprint density at radius 1 is 0.762 bits per heavy atom. The van der Waals surface area contributed by atoms with Crippen molar-refractivity contribution < 1.29 is 14.4 Å². The number of amides is 3. The van der Waals surface area contributed by atoms with Gasteiger partial charge < -0.3 is 20.4 Å². The summed E-state index contributed by atoms with van der Waals surface area (Å²) in [5.74, 6) is 0.568. The van der Waals surface area contributed by atoms with Crippen molar-refractivity contribution in [2.45, 2.75) is 143 Å². The fourth-order valence-corrected chi connectivity index (χ4v) is 5.45. The van der Waals surface area contributed by atoms with Crippen molar-refractivity contribution in [2.24, 2.45) is 11.8 Å². The highest BCUT2D eigenvalue weighted by Gasteiger charge is 2.21. The van der Waals surface area contributed by atoms with Crippen LogP contribution in [0.15, 0.2) is 12.2 Å². The highest BCUT2D eigenvalue weighted by Crippen LogP contribution is 2.13. The predicted molar refractivity (Wildman–Crippen MR) is 176 cm³/mol. The van der Waals surface area contributed by atoms with E-state index in [1.807, 2.05) is 23.6 Å². The van der Waals surface area contributed by atoms with Gasteiger partial charge in [0.1, 0.15) is 0 Å². The lowest BCUT2D eigenvalue weighted by Crippen LogP contribution is -2.41. The molecule has 0 spiro atoms. The van der Waals surface area contributed by atoms with Crippen LogP contribution >= 0.6 is 0 Å². The minimum atomic E-state index is 0.0158. The van der Waals surface area contributed by atoms with E-state index in [9.17, 15) is 14.4 Å². The number of carbonyl (C=O) groups is 3. The topological polar surface area (TPSA) is 81.8 Å². The molecule has 0 saturated carbocycles. The summed E-state index contributed by atoms with van der Waals surface area (Å²) in [6, 6.07) is 0.0758. The number of hydrogen-bond donors (Lipinski definition) is 2. The minimum absolute atomic E-state index is 0.0158. The van der Waals surface area contributed by atoms with E-state index in [1.165, 1.54) is 38.5 Å². The van der Waals surface area contributed by atoms with Gasteiger partial charge in [0, 0.05) is 57.0 Å². The van der Waals surface area contributed by atoms with E-state index < -0.39 is 0 Å². The fourth-order valence-electron chi connectivity index (χ4n) is 5.45. The summed E-state index contributed by atoms with van der Waals surface area (Å²) in [7, 11) is 0. The summed E-state index contributed by atoms with van der Waals surface area (Å²) in [6.45, 7) is 14.7. The number of carbonyl (C=O) groups excluding carboxylic acids is 3. The second kappa shape index (κ2) is 24.5. The molecule has 1 aliphatic rings. The zero-order chi connectivity index (χ0) is 31.0. The van der Waals surface area contributed by atoms with E-state index in [2.05, 4.69) is 43.6 Å². The van der Waals surface area contributed by atoms with Crippen molar-refractivity contribution in [3.8, 4) is 0 Å². The molecule has 0 aromatic rings. The fraction of sp³-hybridized carbons (Fsp3) is 0.857. The highest BCUT2D eigenvalue weighted by molar-refractivity contribution is 5.79. The van der Waals surface area contributed by atoms with Crippen LogP contribution in [0.25, 0.3) is 0 Å². The van der Waals surface area contributed by atoms with Crippen LogP contribution in [0.5, 0.6) is 0 Å². The zero-order valence-corrected chi connectivity index (χ0v) is 28.1. The van der Waals surface area contributed by atoms with E-state index >= 15 is 0 Å². The summed E-state index contributed by atoms with van der Waals surface area (Å²) in [5.41, 5.74) is 0. The summed E-state index contributed by atoms with van der Waals surface area (Å²) < 4.78 is 0. The molecule has 1 aliphatic heterocycles. The molecule has 0 radical (unpaired) electrons. The monoisotopic (exact) mass is 591 g/mol. The van der Waals surface area contributed by atoms with Crippen LogP contribution in [-0.4, -0.2) is 72.8 Å². The van der Waals surface area contributed by atoms with E-state index in [0.717, 1.165) is 84.0 Å². The molecule has 0 unspecified atom stereocenters. The molecule has 1 saturated heterocycles. The molecule has 0 bridgehead atoms. The maximum atomic E-state index is 13.1. The minimum Gasteiger partial charge on any atom is -0.356 e. The van der Waals surface area contributed by atoms with Crippen molar-refractivity contribution >= 4 is 17.7 Å². The van der Waals surface area contributed by atoms with Crippen LogP contribution < -0.4 is 10.6 Å². The van der Waals surface area contributed by atoms with Crippen molar-refractivity contribution in [1.82, 2.24) is 20.4 Å². The summed E-state index contributed by atoms with van der Waals surface area (Å²) in [5, 5.41) is 6.72. The molecule has 0 aromatic carbocycles. The molecule has 3 atom stereocenters.